The quantitative estimate of drug-likeness (QED) is 0.698. The average Bonchev–Trinajstić information content (AvgIpc) is 2.31. The van der Waals surface area contributed by atoms with Gasteiger partial charge < -0.3 is 16.2 Å². The van der Waals surface area contributed by atoms with Gasteiger partial charge in [-0.1, -0.05) is 13.0 Å². The number of aliphatic hydroxyl groups is 1. The molecule has 0 spiro atoms. The summed E-state index contributed by atoms with van der Waals surface area (Å²) in [5.74, 6) is 0.244. The fourth-order valence-electron chi connectivity index (χ4n) is 1.19. The number of rotatable bonds is 5. The first-order valence-corrected chi connectivity index (χ1v) is 6.46. The van der Waals surface area contributed by atoms with E-state index in [9.17, 15) is 4.79 Å². The minimum Gasteiger partial charge on any atom is -0.398 e. The van der Waals surface area contributed by atoms with Crippen LogP contribution in [0.15, 0.2) is 18.2 Å². The van der Waals surface area contributed by atoms with Crippen molar-refractivity contribution in [1.82, 2.24) is 0 Å². The molecule has 4 N–H and O–H groups in total. The van der Waals surface area contributed by atoms with E-state index in [4.69, 9.17) is 10.8 Å². The number of hydrogen-bond acceptors (Lipinski definition) is 4. The highest BCUT2D eigenvalue weighted by Gasteiger charge is 2.07. The molecular formula is C12H18N2O2S. The van der Waals surface area contributed by atoms with Crippen molar-refractivity contribution < 1.29 is 9.90 Å². The molecule has 1 atom stereocenters. The lowest BCUT2D eigenvalue weighted by atomic mass is 10.2. The molecule has 0 bridgehead atoms. The van der Waals surface area contributed by atoms with Crippen molar-refractivity contribution in [1.29, 1.82) is 0 Å². The van der Waals surface area contributed by atoms with Crippen LogP contribution >= 0.6 is 11.8 Å². The maximum absolute atomic E-state index is 11.6. The summed E-state index contributed by atoms with van der Waals surface area (Å²) in [4.78, 5) is 11.6. The van der Waals surface area contributed by atoms with E-state index in [1.807, 2.05) is 26.0 Å². The largest absolute Gasteiger partial charge is 0.398 e. The molecule has 0 aliphatic heterocycles. The third-order valence-corrected chi connectivity index (χ3v) is 3.47. The minimum atomic E-state index is -0.0847. The molecule has 0 fully saturated rings. The molecule has 0 aromatic heterocycles. The summed E-state index contributed by atoms with van der Waals surface area (Å²) in [7, 11) is 0. The summed E-state index contributed by atoms with van der Waals surface area (Å²) >= 11 is 1.42. The van der Waals surface area contributed by atoms with Crippen LogP contribution in [0, 0.1) is 6.92 Å². The second-order valence-electron chi connectivity index (χ2n) is 3.92. The van der Waals surface area contributed by atoms with E-state index in [0.29, 0.717) is 17.1 Å². The first kappa shape index (κ1) is 13.9. The van der Waals surface area contributed by atoms with Gasteiger partial charge in [0.15, 0.2) is 0 Å². The third-order valence-electron chi connectivity index (χ3n) is 2.32. The Morgan fingerprint density at radius 1 is 1.59 bits per heavy atom. The second kappa shape index (κ2) is 6.51. The number of nitrogens with two attached hydrogens (primary N) is 1. The van der Waals surface area contributed by atoms with E-state index in [1.165, 1.54) is 11.8 Å². The van der Waals surface area contributed by atoms with E-state index in [0.717, 1.165) is 5.56 Å². The lowest BCUT2D eigenvalue weighted by Gasteiger charge is -2.09. The first-order valence-electron chi connectivity index (χ1n) is 5.41. The molecule has 4 nitrogen and oxygen atoms in total. The molecule has 1 amide bonds. The molecule has 0 aliphatic carbocycles. The molecule has 1 rings (SSSR count). The van der Waals surface area contributed by atoms with E-state index in [1.54, 1.807) is 6.07 Å². The summed E-state index contributed by atoms with van der Waals surface area (Å²) < 4.78 is 0. The van der Waals surface area contributed by atoms with Crippen LogP contribution in [-0.2, 0) is 4.79 Å². The zero-order chi connectivity index (χ0) is 12.8. The van der Waals surface area contributed by atoms with Gasteiger partial charge in [-0.15, -0.1) is 11.8 Å². The molecule has 94 valence electrons. The smallest absolute Gasteiger partial charge is 0.234 e. The van der Waals surface area contributed by atoms with E-state index in [-0.39, 0.29) is 17.8 Å². The van der Waals surface area contributed by atoms with Gasteiger partial charge in [-0.2, -0.15) is 0 Å². The van der Waals surface area contributed by atoms with Crippen LogP contribution < -0.4 is 11.1 Å². The van der Waals surface area contributed by atoms with Gasteiger partial charge in [-0.05, 0) is 24.6 Å². The molecular weight excluding hydrogens is 236 g/mol. The van der Waals surface area contributed by atoms with Crippen LogP contribution in [-0.4, -0.2) is 28.6 Å². The van der Waals surface area contributed by atoms with Crippen LogP contribution in [0.25, 0.3) is 0 Å². The maximum atomic E-state index is 11.6. The topological polar surface area (TPSA) is 75.3 Å². The Balaban J connectivity index is 2.48. The van der Waals surface area contributed by atoms with Gasteiger partial charge in [0.05, 0.1) is 12.4 Å². The molecule has 0 aliphatic rings. The van der Waals surface area contributed by atoms with Crippen molar-refractivity contribution in [3.8, 4) is 0 Å². The maximum Gasteiger partial charge on any atom is 0.234 e. The minimum absolute atomic E-state index is 0.0730. The summed E-state index contributed by atoms with van der Waals surface area (Å²) in [5.41, 5.74) is 8.11. The summed E-state index contributed by atoms with van der Waals surface area (Å²) in [6.07, 6.45) is 0. The standard InChI is InChI=1S/C12H18N2O2S/c1-8-3-4-10(5-11(8)13)14-12(16)7-17-9(2)6-15/h3-5,9,15H,6-7,13H2,1-2H3,(H,14,16). The number of anilines is 2. The third kappa shape index (κ3) is 4.66. The molecule has 1 aromatic rings. The number of hydrogen-bond donors (Lipinski definition) is 3. The van der Waals surface area contributed by atoms with Crippen LogP contribution in [0.1, 0.15) is 12.5 Å². The van der Waals surface area contributed by atoms with Crippen molar-refractivity contribution in [3.63, 3.8) is 0 Å². The fraction of sp³-hybridized carbons (Fsp3) is 0.417. The molecule has 5 heteroatoms. The summed E-state index contributed by atoms with van der Waals surface area (Å²) in [5, 5.41) is 11.7. The van der Waals surface area contributed by atoms with Crippen molar-refractivity contribution >= 4 is 29.0 Å². The van der Waals surface area contributed by atoms with Gasteiger partial charge in [0.25, 0.3) is 0 Å². The Kier molecular flexibility index (Phi) is 5.31. The van der Waals surface area contributed by atoms with Crippen molar-refractivity contribution in [2.24, 2.45) is 0 Å². The molecule has 1 unspecified atom stereocenters. The number of aryl methyl sites for hydroxylation is 1. The Morgan fingerprint density at radius 3 is 2.88 bits per heavy atom. The Bertz CT molecular complexity index is 396. The number of thioether (sulfide) groups is 1. The number of aliphatic hydroxyl groups excluding tert-OH is 1. The molecule has 0 saturated carbocycles. The van der Waals surface area contributed by atoms with E-state index < -0.39 is 0 Å². The van der Waals surface area contributed by atoms with Gasteiger partial charge in [-0.3, -0.25) is 4.79 Å². The highest BCUT2D eigenvalue weighted by atomic mass is 32.2. The number of nitrogen functional groups attached to an aromatic ring is 1. The van der Waals surface area contributed by atoms with Gasteiger partial charge >= 0.3 is 0 Å². The highest BCUT2D eigenvalue weighted by Crippen LogP contribution is 2.17. The molecule has 0 radical (unpaired) electrons. The monoisotopic (exact) mass is 254 g/mol. The number of amides is 1. The lowest BCUT2D eigenvalue weighted by Crippen LogP contribution is -2.17. The fourth-order valence-corrected chi connectivity index (χ4v) is 1.80. The second-order valence-corrected chi connectivity index (χ2v) is 5.35. The van der Waals surface area contributed by atoms with E-state index in [2.05, 4.69) is 5.32 Å². The Hall–Kier alpha value is -1.20. The predicted molar refractivity (Wildman–Crippen MR) is 73.2 cm³/mol. The van der Waals surface area contributed by atoms with Gasteiger partial charge in [0.1, 0.15) is 0 Å². The zero-order valence-corrected chi connectivity index (χ0v) is 10.9. The van der Waals surface area contributed by atoms with Crippen molar-refractivity contribution in [2.45, 2.75) is 19.1 Å². The van der Waals surface area contributed by atoms with Crippen molar-refractivity contribution in [3.05, 3.63) is 23.8 Å². The van der Waals surface area contributed by atoms with Crippen LogP contribution in [0.4, 0.5) is 11.4 Å². The lowest BCUT2D eigenvalue weighted by molar-refractivity contribution is -0.113. The first-order chi connectivity index (χ1) is 8.02. The average molecular weight is 254 g/mol. The highest BCUT2D eigenvalue weighted by molar-refractivity contribution is 8.00. The van der Waals surface area contributed by atoms with Crippen LogP contribution in [0.3, 0.4) is 0 Å². The number of benzene rings is 1. The number of carbonyl (C=O) groups is 1. The van der Waals surface area contributed by atoms with Gasteiger partial charge in [0, 0.05) is 16.6 Å². The SMILES string of the molecule is Cc1ccc(NC(=O)CSC(C)CO)cc1N. The molecule has 1 aromatic carbocycles. The molecule has 0 heterocycles. The number of nitrogens with one attached hydrogen (secondary N) is 1. The Morgan fingerprint density at radius 2 is 2.29 bits per heavy atom. The van der Waals surface area contributed by atoms with Crippen LogP contribution in [0.2, 0.25) is 0 Å². The van der Waals surface area contributed by atoms with Crippen molar-refractivity contribution in [2.75, 3.05) is 23.4 Å². The van der Waals surface area contributed by atoms with Gasteiger partial charge in [0.2, 0.25) is 5.91 Å². The molecule has 0 saturated heterocycles. The zero-order valence-electron chi connectivity index (χ0n) is 10.1. The number of carbonyl (C=O) groups excluding carboxylic acids is 1. The van der Waals surface area contributed by atoms with E-state index >= 15 is 0 Å². The Labute approximate surface area is 106 Å². The summed E-state index contributed by atoms with van der Waals surface area (Å²) in [6.45, 7) is 3.87. The summed E-state index contributed by atoms with van der Waals surface area (Å²) in [6, 6.07) is 5.44. The van der Waals surface area contributed by atoms with Crippen LogP contribution in [0.5, 0.6) is 0 Å². The molecule has 17 heavy (non-hydrogen) atoms. The normalized spacial score (nSPS) is 12.2. The predicted octanol–water partition coefficient (Wildman–Crippen LogP) is 1.63. The van der Waals surface area contributed by atoms with Gasteiger partial charge in [-0.25, -0.2) is 0 Å².